The van der Waals surface area contributed by atoms with E-state index in [2.05, 4.69) is 11.4 Å². The van der Waals surface area contributed by atoms with Gasteiger partial charge in [-0.15, -0.1) is 0 Å². The highest BCUT2D eigenvalue weighted by Crippen LogP contribution is 2.31. The predicted molar refractivity (Wildman–Crippen MR) is 83.9 cm³/mol. The van der Waals surface area contributed by atoms with Crippen LogP contribution in [0.2, 0.25) is 0 Å². The number of hydrogen-bond donors (Lipinski definition) is 1. The number of ether oxygens (including phenoxy) is 1. The molecule has 0 saturated carbocycles. The highest BCUT2D eigenvalue weighted by atomic mass is 16.6. The summed E-state index contributed by atoms with van der Waals surface area (Å²) >= 11 is 0. The van der Waals surface area contributed by atoms with E-state index in [0.717, 1.165) is 18.7 Å². The fourth-order valence-electron chi connectivity index (χ4n) is 2.46. The first-order valence-corrected chi connectivity index (χ1v) is 7.43. The Bertz CT molecular complexity index is 538. The van der Waals surface area contributed by atoms with Crippen molar-refractivity contribution in [3.63, 3.8) is 0 Å². The second-order valence-corrected chi connectivity index (χ2v) is 5.54. The Labute approximate surface area is 125 Å². The second kappa shape index (κ2) is 7.11. The van der Waals surface area contributed by atoms with E-state index in [1.807, 2.05) is 13.8 Å². The van der Waals surface area contributed by atoms with Crippen molar-refractivity contribution in [1.82, 2.24) is 0 Å². The minimum atomic E-state index is -0.412. The van der Waals surface area contributed by atoms with E-state index in [0.29, 0.717) is 5.75 Å². The summed E-state index contributed by atoms with van der Waals surface area (Å²) in [5, 5.41) is 14.3. The van der Waals surface area contributed by atoms with Crippen molar-refractivity contribution in [2.24, 2.45) is 0 Å². The Kier molecular flexibility index (Phi) is 5.20. The van der Waals surface area contributed by atoms with Gasteiger partial charge >= 0.3 is 5.69 Å². The summed E-state index contributed by atoms with van der Waals surface area (Å²) in [4.78, 5) is 10.6. The first-order chi connectivity index (χ1) is 10.1. The number of benzene rings is 1. The van der Waals surface area contributed by atoms with Crippen molar-refractivity contribution in [3.8, 4) is 5.75 Å². The van der Waals surface area contributed by atoms with Crippen LogP contribution < -0.4 is 10.1 Å². The average Bonchev–Trinajstić information content (AvgIpc) is 2.91. The molecule has 1 aromatic carbocycles. The number of rotatable bonds is 7. The summed E-state index contributed by atoms with van der Waals surface area (Å²) in [5.74, 6) is 0.320. The molecule has 1 aliphatic rings. The number of nitro groups is 1. The summed E-state index contributed by atoms with van der Waals surface area (Å²) < 4.78 is 5.53. The number of hydrogen-bond acceptors (Lipinski definition) is 4. The van der Waals surface area contributed by atoms with Gasteiger partial charge in [-0.3, -0.25) is 10.1 Å². The highest BCUT2D eigenvalue weighted by Gasteiger charge is 2.16. The maximum absolute atomic E-state index is 11.0. The number of anilines is 1. The topological polar surface area (TPSA) is 64.4 Å². The van der Waals surface area contributed by atoms with Gasteiger partial charge in [0.15, 0.2) is 5.75 Å². The quantitative estimate of drug-likeness (QED) is 0.462. The van der Waals surface area contributed by atoms with Crippen LogP contribution in [-0.4, -0.2) is 17.6 Å². The second-order valence-electron chi connectivity index (χ2n) is 5.54. The summed E-state index contributed by atoms with van der Waals surface area (Å²) in [6, 6.07) is 4.93. The normalized spacial score (nSPS) is 14.1. The molecular weight excluding hydrogens is 268 g/mol. The van der Waals surface area contributed by atoms with Crippen LogP contribution in [0.4, 0.5) is 11.4 Å². The lowest BCUT2D eigenvalue weighted by molar-refractivity contribution is -0.386. The number of allylic oxidation sites excluding steroid dienone is 1. The van der Waals surface area contributed by atoms with Crippen LogP contribution in [0.1, 0.15) is 39.5 Å². The first kappa shape index (κ1) is 15.4. The Hall–Kier alpha value is -2.04. The molecule has 0 fully saturated rings. The van der Waals surface area contributed by atoms with E-state index in [1.54, 1.807) is 12.1 Å². The fraction of sp³-hybridized carbons (Fsp3) is 0.500. The van der Waals surface area contributed by atoms with Crippen molar-refractivity contribution in [2.45, 2.75) is 45.6 Å². The zero-order valence-electron chi connectivity index (χ0n) is 12.6. The molecular formula is C16H22N2O3. The smallest absolute Gasteiger partial charge is 0.311 e. The molecule has 5 heteroatoms. The van der Waals surface area contributed by atoms with Crippen LogP contribution in [0.5, 0.6) is 5.75 Å². The van der Waals surface area contributed by atoms with Crippen molar-refractivity contribution in [3.05, 3.63) is 40.0 Å². The molecule has 5 nitrogen and oxygen atoms in total. The van der Waals surface area contributed by atoms with E-state index >= 15 is 0 Å². The fourth-order valence-corrected chi connectivity index (χ4v) is 2.46. The summed E-state index contributed by atoms with van der Waals surface area (Å²) in [7, 11) is 0. The van der Waals surface area contributed by atoms with Crippen molar-refractivity contribution in [1.29, 1.82) is 0 Å². The zero-order chi connectivity index (χ0) is 15.2. The third-order valence-corrected chi connectivity index (χ3v) is 3.43. The number of nitrogens with one attached hydrogen (secondary N) is 1. The van der Waals surface area contributed by atoms with Crippen LogP contribution in [0, 0.1) is 10.1 Å². The van der Waals surface area contributed by atoms with Gasteiger partial charge in [0.05, 0.1) is 11.0 Å². The third kappa shape index (κ3) is 4.48. The van der Waals surface area contributed by atoms with E-state index in [9.17, 15) is 10.1 Å². The van der Waals surface area contributed by atoms with Crippen molar-refractivity contribution < 1.29 is 9.66 Å². The van der Waals surface area contributed by atoms with E-state index in [-0.39, 0.29) is 11.8 Å². The first-order valence-electron chi connectivity index (χ1n) is 7.43. The van der Waals surface area contributed by atoms with Gasteiger partial charge in [-0.1, -0.05) is 11.6 Å². The van der Waals surface area contributed by atoms with Gasteiger partial charge in [0.1, 0.15) is 0 Å². The molecule has 0 saturated heterocycles. The monoisotopic (exact) mass is 290 g/mol. The summed E-state index contributed by atoms with van der Waals surface area (Å²) in [6.45, 7) is 4.55. The maximum atomic E-state index is 11.0. The SMILES string of the molecule is CC(C)Oc1cc(NCCC2=CCCC2)ccc1[N+](=O)[O-]. The minimum Gasteiger partial charge on any atom is -0.484 e. The molecule has 1 aromatic rings. The largest absolute Gasteiger partial charge is 0.484 e. The Morgan fingerprint density at radius 2 is 2.24 bits per heavy atom. The lowest BCUT2D eigenvalue weighted by Crippen LogP contribution is -2.08. The summed E-state index contributed by atoms with van der Waals surface area (Å²) in [6.07, 6.45) is 6.90. The molecule has 0 unspecified atom stereocenters. The molecule has 0 amide bonds. The lowest BCUT2D eigenvalue weighted by Gasteiger charge is -2.12. The molecule has 0 atom stereocenters. The van der Waals surface area contributed by atoms with Crippen LogP contribution >= 0.6 is 0 Å². The zero-order valence-corrected chi connectivity index (χ0v) is 12.6. The predicted octanol–water partition coefficient (Wildman–Crippen LogP) is 4.29. The van der Waals surface area contributed by atoms with E-state index in [1.165, 1.54) is 30.9 Å². The number of nitro benzene ring substituents is 1. The standard InChI is InChI=1S/C16H22N2O3/c1-12(2)21-16-11-14(7-8-15(16)18(19)20)17-10-9-13-5-3-4-6-13/h5,7-8,11-12,17H,3-4,6,9-10H2,1-2H3. The Morgan fingerprint density at radius 3 is 2.86 bits per heavy atom. The highest BCUT2D eigenvalue weighted by molar-refractivity contribution is 5.58. The van der Waals surface area contributed by atoms with Crippen LogP contribution in [0.25, 0.3) is 0 Å². The van der Waals surface area contributed by atoms with Crippen molar-refractivity contribution in [2.75, 3.05) is 11.9 Å². The summed E-state index contributed by atoms with van der Waals surface area (Å²) in [5.41, 5.74) is 2.37. The molecule has 0 radical (unpaired) electrons. The minimum absolute atomic E-state index is 0.00718. The van der Waals surface area contributed by atoms with Gasteiger partial charge in [-0.25, -0.2) is 0 Å². The van der Waals surface area contributed by atoms with Gasteiger partial charge in [-0.2, -0.15) is 0 Å². The molecule has 1 aliphatic carbocycles. The average molecular weight is 290 g/mol. The van der Waals surface area contributed by atoms with Gasteiger partial charge < -0.3 is 10.1 Å². The molecule has 0 aromatic heterocycles. The molecule has 0 spiro atoms. The maximum Gasteiger partial charge on any atom is 0.311 e. The lowest BCUT2D eigenvalue weighted by atomic mass is 10.1. The molecule has 0 aliphatic heterocycles. The molecule has 114 valence electrons. The molecule has 0 bridgehead atoms. The molecule has 2 rings (SSSR count). The van der Waals surface area contributed by atoms with Gasteiger partial charge in [0, 0.05) is 24.4 Å². The molecule has 1 N–H and O–H groups in total. The third-order valence-electron chi connectivity index (χ3n) is 3.43. The van der Waals surface area contributed by atoms with Gasteiger partial charge in [-0.05, 0) is 45.6 Å². The van der Waals surface area contributed by atoms with Crippen LogP contribution in [0.3, 0.4) is 0 Å². The van der Waals surface area contributed by atoms with Gasteiger partial charge in [0.2, 0.25) is 0 Å². The van der Waals surface area contributed by atoms with E-state index < -0.39 is 4.92 Å². The van der Waals surface area contributed by atoms with Gasteiger partial charge in [0.25, 0.3) is 0 Å². The van der Waals surface area contributed by atoms with Crippen LogP contribution in [0.15, 0.2) is 29.8 Å². The molecule has 0 heterocycles. The molecule has 21 heavy (non-hydrogen) atoms. The van der Waals surface area contributed by atoms with E-state index in [4.69, 9.17) is 4.74 Å². The van der Waals surface area contributed by atoms with Crippen molar-refractivity contribution >= 4 is 11.4 Å². The Balaban J connectivity index is 2.00. The van der Waals surface area contributed by atoms with Crippen LogP contribution in [-0.2, 0) is 0 Å². The number of nitrogens with zero attached hydrogens (tertiary/aromatic N) is 1. The Morgan fingerprint density at radius 1 is 1.43 bits per heavy atom.